The third-order valence-corrected chi connectivity index (χ3v) is 9.12. The van der Waals surface area contributed by atoms with Crippen molar-refractivity contribution in [2.45, 2.75) is 24.9 Å². The van der Waals surface area contributed by atoms with Crippen molar-refractivity contribution in [3.05, 3.63) is 42.5 Å². The Bertz CT molecular complexity index is 1550. The number of para-hydroxylation sites is 1. The van der Waals surface area contributed by atoms with Gasteiger partial charge in [-0.1, -0.05) is 12.1 Å². The fraction of sp³-hybridized carbons (Fsp3) is 0.333. The number of imidazole rings is 1. The molecular weight excluding hydrogens is 601 g/mol. The number of hydrogen-bond donors (Lipinski definition) is 6. The van der Waals surface area contributed by atoms with Crippen LogP contribution in [0.1, 0.15) is 23.0 Å². The molecule has 1 aliphatic rings. The van der Waals surface area contributed by atoms with Gasteiger partial charge in [0.2, 0.25) is 0 Å². The highest BCUT2D eigenvalue weighted by molar-refractivity contribution is 7.66. The predicted octanol–water partition coefficient (Wildman–Crippen LogP) is 1.31. The SMILES string of the molecule is CNc1ccccc1C(=O)OC1CC(COP(=O)(O)OP(=O)(O)OP(=O)(O)O)OC1n1cnc2c(N)ncnc21. The summed E-state index contributed by atoms with van der Waals surface area (Å²) in [7, 11) is -15.1. The Labute approximate surface area is 224 Å². The van der Waals surface area contributed by atoms with Gasteiger partial charge >= 0.3 is 29.4 Å². The molecule has 40 heavy (non-hydrogen) atoms. The monoisotopic (exact) mass is 624 g/mol. The first-order valence-corrected chi connectivity index (χ1v) is 15.5. The molecule has 0 bridgehead atoms. The summed E-state index contributed by atoms with van der Waals surface area (Å²) in [6, 6.07) is 6.54. The lowest BCUT2D eigenvalue weighted by atomic mass is 10.1. The van der Waals surface area contributed by atoms with E-state index in [0.29, 0.717) is 5.69 Å². The number of aromatic nitrogens is 4. The minimum absolute atomic E-state index is 0.0717. The maximum Gasteiger partial charge on any atom is 0.490 e. The second kappa shape index (κ2) is 11.6. The number of nitrogens with zero attached hydrogens (tertiary/aromatic N) is 4. The number of phosphoric ester groups is 1. The van der Waals surface area contributed by atoms with E-state index in [1.807, 2.05) is 0 Å². The van der Waals surface area contributed by atoms with Crippen LogP contribution in [-0.4, -0.2) is 70.9 Å². The molecular formula is C18H23N6O13P3. The molecule has 3 aromatic rings. The van der Waals surface area contributed by atoms with Gasteiger partial charge in [0.15, 0.2) is 17.7 Å². The standard InChI is InChI=1S/C18H23N6O13P3/c1-20-12-5-3-2-4-11(12)18(25)35-13-6-10(7-33-39(29,30)37-40(31,32)36-38(26,27)28)34-17(13)24-9-23-14-15(19)21-8-22-16(14)24/h2-5,8-10,13,17,20H,6-7H2,1H3,(H,29,30)(H,31,32)(H2,19,21,22)(H2,26,27,28). The second-order valence-electron chi connectivity index (χ2n) is 8.09. The first-order chi connectivity index (χ1) is 18.7. The molecule has 1 saturated heterocycles. The second-order valence-corrected chi connectivity index (χ2v) is 12.5. The zero-order chi connectivity index (χ0) is 29.3. The van der Waals surface area contributed by atoms with E-state index in [1.54, 1.807) is 25.2 Å². The van der Waals surface area contributed by atoms with Crippen molar-refractivity contribution >= 4 is 52.1 Å². The van der Waals surface area contributed by atoms with Crippen LogP contribution >= 0.6 is 23.5 Å². The Kier molecular flexibility index (Phi) is 8.75. The number of fused-ring (bicyclic) bond motifs is 1. The molecule has 1 fully saturated rings. The zero-order valence-electron chi connectivity index (χ0n) is 20.3. The van der Waals surface area contributed by atoms with Crippen molar-refractivity contribution in [1.82, 2.24) is 19.5 Å². The Hall–Kier alpha value is -2.79. The van der Waals surface area contributed by atoms with Crippen LogP contribution in [0.3, 0.4) is 0 Å². The lowest BCUT2D eigenvalue weighted by Gasteiger charge is -2.21. The lowest BCUT2D eigenvalue weighted by Crippen LogP contribution is -2.26. The highest BCUT2D eigenvalue weighted by Gasteiger charge is 2.44. The molecule has 5 unspecified atom stereocenters. The fourth-order valence-corrected chi connectivity index (χ4v) is 6.84. The van der Waals surface area contributed by atoms with Gasteiger partial charge < -0.3 is 40.1 Å². The Morgan fingerprint density at radius 2 is 1.85 bits per heavy atom. The number of nitrogen functional groups attached to an aromatic ring is 1. The molecule has 0 spiro atoms. The molecule has 19 nitrogen and oxygen atoms in total. The van der Waals surface area contributed by atoms with Crippen LogP contribution in [-0.2, 0) is 36.3 Å². The number of carbonyl (C=O) groups excluding carboxylic acids is 1. The van der Waals surface area contributed by atoms with Crippen LogP contribution in [0.15, 0.2) is 36.9 Å². The van der Waals surface area contributed by atoms with Crippen molar-refractivity contribution < 1.29 is 60.7 Å². The largest absolute Gasteiger partial charge is 0.490 e. The molecule has 4 rings (SSSR count). The van der Waals surface area contributed by atoms with Crippen molar-refractivity contribution in [3.8, 4) is 0 Å². The Morgan fingerprint density at radius 3 is 2.55 bits per heavy atom. The first-order valence-electron chi connectivity index (χ1n) is 11.0. The highest BCUT2D eigenvalue weighted by atomic mass is 31.3. The molecule has 7 N–H and O–H groups in total. The fourth-order valence-electron chi connectivity index (χ4n) is 3.79. The third-order valence-electron chi connectivity index (χ3n) is 5.32. The van der Waals surface area contributed by atoms with Gasteiger partial charge in [0.25, 0.3) is 0 Å². The topological polar surface area (TPSA) is 277 Å². The van der Waals surface area contributed by atoms with E-state index in [1.165, 1.54) is 23.3 Å². The van der Waals surface area contributed by atoms with Crippen LogP contribution in [0, 0.1) is 0 Å². The van der Waals surface area contributed by atoms with Crippen molar-refractivity contribution in [3.63, 3.8) is 0 Å². The number of nitrogens with one attached hydrogen (secondary N) is 1. The van der Waals surface area contributed by atoms with Gasteiger partial charge in [-0.2, -0.15) is 8.62 Å². The summed E-state index contributed by atoms with van der Waals surface area (Å²) >= 11 is 0. The Morgan fingerprint density at radius 1 is 1.12 bits per heavy atom. The van der Waals surface area contributed by atoms with Crippen molar-refractivity contribution in [2.24, 2.45) is 0 Å². The summed E-state index contributed by atoms with van der Waals surface area (Å²) in [6.45, 7) is -0.759. The smallest absolute Gasteiger partial charge is 0.454 e. The van der Waals surface area contributed by atoms with Gasteiger partial charge in [-0.3, -0.25) is 9.09 Å². The number of carbonyl (C=O) groups is 1. The summed E-state index contributed by atoms with van der Waals surface area (Å²) in [4.78, 5) is 61.6. The quantitative estimate of drug-likeness (QED) is 0.129. The van der Waals surface area contributed by atoms with Crippen molar-refractivity contribution in [1.29, 1.82) is 0 Å². The van der Waals surface area contributed by atoms with Gasteiger partial charge in [0, 0.05) is 19.2 Å². The van der Waals surface area contributed by atoms with Gasteiger partial charge in [0.1, 0.15) is 17.9 Å². The zero-order valence-corrected chi connectivity index (χ0v) is 23.0. The van der Waals surface area contributed by atoms with E-state index < -0.39 is 54.5 Å². The number of benzene rings is 1. The summed E-state index contributed by atoms with van der Waals surface area (Å²) in [5.74, 6) is -0.655. The predicted molar refractivity (Wildman–Crippen MR) is 133 cm³/mol. The van der Waals surface area contributed by atoms with E-state index in [9.17, 15) is 28.3 Å². The third kappa shape index (κ3) is 7.28. The number of hydrogen-bond acceptors (Lipinski definition) is 14. The van der Waals surface area contributed by atoms with E-state index in [0.717, 1.165) is 0 Å². The lowest BCUT2D eigenvalue weighted by molar-refractivity contribution is -0.0556. The number of ether oxygens (including phenoxy) is 2. The molecule has 218 valence electrons. The van der Waals surface area contributed by atoms with Crippen LogP contribution in [0.2, 0.25) is 0 Å². The number of nitrogens with two attached hydrogens (primary N) is 1. The number of anilines is 2. The first kappa shape index (κ1) is 30.2. The molecule has 3 heterocycles. The average molecular weight is 624 g/mol. The number of phosphoric acid groups is 3. The summed E-state index contributed by atoms with van der Waals surface area (Å²) in [5, 5.41) is 2.88. The molecule has 22 heteroatoms. The molecule has 0 aliphatic carbocycles. The number of rotatable bonds is 11. The highest BCUT2D eigenvalue weighted by Crippen LogP contribution is 2.66. The Balaban J connectivity index is 1.55. The number of esters is 1. The minimum atomic E-state index is -5.71. The van der Waals surface area contributed by atoms with Crippen molar-refractivity contribution in [2.75, 3.05) is 24.7 Å². The van der Waals surface area contributed by atoms with E-state index in [2.05, 4.69) is 33.4 Å². The van der Waals surface area contributed by atoms with E-state index in [-0.39, 0.29) is 29.0 Å². The molecule has 1 aliphatic heterocycles. The van der Waals surface area contributed by atoms with Gasteiger partial charge in [-0.05, 0) is 12.1 Å². The van der Waals surface area contributed by atoms with E-state index in [4.69, 9.17) is 25.0 Å². The van der Waals surface area contributed by atoms with Gasteiger partial charge in [-0.25, -0.2) is 33.4 Å². The molecule has 2 aromatic heterocycles. The van der Waals surface area contributed by atoms with E-state index >= 15 is 0 Å². The normalized spacial score (nSPS) is 22.5. The van der Waals surface area contributed by atoms with Crippen LogP contribution in [0.25, 0.3) is 11.2 Å². The average Bonchev–Trinajstić information content (AvgIpc) is 3.45. The minimum Gasteiger partial charge on any atom is -0.454 e. The molecule has 0 radical (unpaired) electrons. The maximum absolute atomic E-state index is 13.0. The summed E-state index contributed by atoms with van der Waals surface area (Å²) in [5.41, 5.74) is 7.00. The maximum atomic E-state index is 13.0. The molecule has 0 amide bonds. The molecule has 5 atom stereocenters. The molecule has 0 saturated carbocycles. The van der Waals surface area contributed by atoms with Gasteiger partial charge in [-0.15, -0.1) is 0 Å². The summed E-state index contributed by atoms with van der Waals surface area (Å²) in [6.07, 6.45) is -0.840. The molecule has 1 aromatic carbocycles. The van der Waals surface area contributed by atoms with Crippen LogP contribution in [0.4, 0.5) is 11.5 Å². The van der Waals surface area contributed by atoms with Crippen LogP contribution in [0.5, 0.6) is 0 Å². The summed E-state index contributed by atoms with van der Waals surface area (Å²) < 4.78 is 59.7. The van der Waals surface area contributed by atoms with Crippen LogP contribution < -0.4 is 11.1 Å². The van der Waals surface area contributed by atoms with Gasteiger partial charge in [0.05, 0.1) is 24.6 Å².